The molecule has 1 aromatic heterocycles. The number of hydrogen-bond acceptors (Lipinski definition) is 4. The van der Waals surface area contributed by atoms with Gasteiger partial charge < -0.3 is 10.2 Å². The highest BCUT2D eigenvalue weighted by molar-refractivity contribution is 6.31. The van der Waals surface area contributed by atoms with Crippen molar-refractivity contribution in [1.29, 1.82) is 0 Å². The Morgan fingerprint density at radius 2 is 1.86 bits per heavy atom. The van der Waals surface area contributed by atoms with Crippen LogP contribution in [-0.2, 0) is 0 Å². The van der Waals surface area contributed by atoms with Crippen LogP contribution in [0.15, 0.2) is 30.6 Å². The van der Waals surface area contributed by atoms with Crippen molar-refractivity contribution in [2.45, 2.75) is 20.8 Å². The molecule has 1 aromatic carbocycles. The normalized spacial score (nSPS) is 10.4. The summed E-state index contributed by atoms with van der Waals surface area (Å²) in [5, 5.41) is 3.78. The lowest BCUT2D eigenvalue weighted by Crippen LogP contribution is -2.30. The molecule has 0 radical (unpaired) electrons. The van der Waals surface area contributed by atoms with Crippen molar-refractivity contribution in [1.82, 2.24) is 14.9 Å². The number of aromatic nitrogens is 2. The summed E-state index contributed by atoms with van der Waals surface area (Å²) in [7, 11) is 0. The molecule has 2 aromatic rings. The number of halogens is 1. The summed E-state index contributed by atoms with van der Waals surface area (Å²) in [6.07, 6.45) is 3.08. The number of carbonyl (C=O) groups is 1. The molecule has 0 fully saturated rings. The fourth-order valence-corrected chi connectivity index (χ4v) is 2.23. The maximum Gasteiger partial charge on any atom is 0.256 e. The molecule has 0 aliphatic carbocycles. The number of hydrogen-bond donors (Lipinski definition) is 1. The third-order valence-corrected chi connectivity index (χ3v) is 3.87. The van der Waals surface area contributed by atoms with E-state index in [9.17, 15) is 4.79 Å². The van der Waals surface area contributed by atoms with Crippen molar-refractivity contribution in [3.05, 3.63) is 46.7 Å². The van der Waals surface area contributed by atoms with Crippen LogP contribution in [0.25, 0.3) is 0 Å². The second-order valence-corrected chi connectivity index (χ2v) is 5.22. The molecular formula is C16H19ClN4O. The van der Waals surface area contributed by atoms with Gasteiger partial charge in [0.25, 0.3) is 5.91 Å². The first-order valence-electron chi connectivity index (χ1n) is 7.20. The van der Waals surface area contributed by atoms with Crippen LogP contribution in [0.5, 0.6) is 0 Å². The number of anilines is 2. The molecule has 1 amide bonds. The van der Waals surface area contributed by atoms with Crippen molar-refractivity contribution in [2.24, 2.45) is 0 Å². The van der Waals surface area contributed by atoms with Gasteiger partial charge in [0, 0.05) is 36.2 Å². The second kappa shape index (κ2) is 7.22. The molecule has 2 rings (SSSR count). The molecular weight excluding hydrogens is 300 g/mol. The number of amides is 1. The van der Waals surface area contributed by atoms with Crippen LogP contribution in [0, 0.1) is 6.92 Å². The Morgan fingerprint density at radius 1 is 1.23 bits per heavy atom. The molecule has 0 aliphatic rings. The highest BCUT2D eigenvalue weighted by Gasteiger charge is 2.13. The molecule has 1 N–H and O–H groups in total. The molecule has 1 heterocycles. The minimum atomic E-state index is -0.0597. The number of carbonyl (C=O) groups excluding carboxylic acids is 1. The molecule has 0 spiro atoms. The van der Waals surface area contributed by atoms with Crippen molar-refractivity contribution >= 4 is 29.1 Å². The maximum absolute atomic E-state index is 12.2. The number of nitrogens with zero attached hydrogens (tertiary/aromatic N) is 3. The zero-order valence-corrected chi connectivity index (χ0v) is 13.7. The van der Waals surface area contributed by atoms with Gasteiger partial charge in [-0.1, -0.05) is 17.7 Å². The number of rotatable bonds is 5. The molecule has 6 heteroatoms. The number of benzene rings is 1. The van der Waals surface area contributed by atoms with Gasteiger partial charge in [0.2, 0.25) is 5.95 Å². The molecule has 0 aliphatic heterocycles. The summed E-state index contributed by atoms with van der Waals surface area (Å²) in [5.74, 6) is 0.372. The molecule has 5 nitrogen and oxygen atoms in total. The monoisotopic (exact) mass is 318 g/mol. The van der Waals surface area contributed by atoms with E-state index in [0.29, 0.717) is 29.6 Å². The summed E-state index contributed by atoms with van der Waals surface area (Å²) in [5.41, 5.74) is 2.25. The Labute approximate surface area is 135 Å². The Bertz CT molecular complexity index is 654. The molecule has 0 unspecified atom stereocenters. The Kier molecular flexibility index (Phi) is 5.33. The van der Waals surface area contributed by atoms with Crippen LogP contribution in [0.3, 0.4) is 0 Å². The average molecular weight is 319 g/mol. The Balaban J connectivity index is 2.15. The van der Waals surface area contributed by atoms with Gasteiger partial charge >= 0.3 is 0 Å². The molecule has 0 atom stereocenters. The largest absolute Gasteiger partial charge is 0.339 e. The predicted octanol–water partition coefficient (Wildman–Crippen LogP) is 3.66. The summed E-state index contributed by atoms with van der Waals surface area (Å²) in [4.78, 5) is 22.3. The molecule has 0 bridgehead atoms. The lowest BCUT2D eigenvalue weighted by atomic mass is 10.2. The van der Waals surface area contributed by atoms with Gasteiger partial charge in [0.1, 0.15) is 0 Å². The SMILES string of the molecule is CCN(CC)C(=O)c1cnc(Nc2cccc(Cl)c2C)nc1. The van der Waals surface area contributed by atoms with E-state index in [2.05, 4.69) is 15.3 Å². The van der Waals surface area contributed by atoms with Crippen LogP contribution in [-0.4, -0.2) is 33.9 Å². The predicted molar refractivity (Wildman–Crippen MR) is 88.8 cm³/mol. The third kappa shape index (κ3) is 3.54. The molecule has 0 saturated carbocycles. The quantitative estimate of drug-likeness (QED) is 0.914. The maximum atomic E-state index is 12.2. The van der Waals surface area contributed by atoms with E-state index in [1.807, 2.05) is 39.0 Å². The minimum absolute atomic E-state index is 0.0597. The van der Waals surface area contributed by atoms with Gasteiger partial charge in [-0.25, -0.2) is 9.97 Å². The standard InChI is InChI=1S/C16H19ClN4O/c1-4-21(5-2)15(22)12-9-18-16(19-10-12)20-14-8-6-7-13(17)11(14)3/h6-10H,4-5H2,1-3H3,(H,18,19,20). The highest BCUT2D eigenvalue weighted by atomic mass is 35.5. The molecule has 0 saturated heterocycles. The minimum Gasteiger partial charge on any atom is -0.339 e. The van der Waals surface area contributed by atoms with Gasteiger partial charge in [-0.05, 0) is 38.5 Å². The lowest BCUT2D eigenvalue weighted by molar-refractivity contribution is 0.0772. The van der Waals surface area contributed by atoms with Crippen molar-refractivity contribution in [3.63, 3.8) is 0 Å². The van der Waals surface area contributed by atoms with Gasteiger partial charge in [-0.15, -0.1) is 0 Å². The smallest absolute Gasteiger partial charge is 0.256 e. The van der Waals surface area contributed by atoms with E-state index >= 15 is 0 Å². The van der Waals surface area contributed by atoms with E-state index in [-0.39, 0.29) is 5.91 Å². The van der Waals surface area contributed by atoms with Crippen molar-refractivity contribution in [2.75, 3.05) is 18.4 Å². The summed E-state index contributed by atoms with van der Waals surface area (Å²) in [6.45, 7) is 7.14. The lowest BCUT2D eigenvalue weighted by Gasteiger charge is -2.18. The van der Waals surface area contributed by atoms with Crippen LogP contribution in [0.4, 0.5) is 11.6 Å². The first kappa shape index (κ1) is 16.2. The van der Waals surface area contributed by atoms with Crippen molar-refractivity contribution < 1.29 is 4.79 Å². The van der Waals surface area contributed by atoms with Crippen LogP contribution >= 0.6 is 11.6 Å². The molecule has 22 heavy (non-hydrogen) atoms. The van der Waals surface area contributed by atoms with Crippen LogP contribution in [0.1, 0.15) is 29.8 Å². The van der Waals surface area contributed by atoms with Gasteiger partial charge in [-0.3, -0.25) is 4.79 Å². The van der Waals surface area contributed by atoms with Gasteiger partial charge in [0.05, 0.1) is 5.56 Å². The van der Waals surface area contributed by atoms with Crippen molar-refractivity contribution in [3.8, 4) is 0 Å². The Morgan fingerprint density at radius 3 is 2.45 bits per heavy atom. The fourth-order valence-electron chi connectivity index (χ4n) is 2.06. The van der Waals surface area contributed by atoms with E-state index in [1.165, 1.54) is 12.4 Å². The highest BCUT2D eigenvalue weighted by Crippen LogP contribution is 2.24. The summed E-state index contributed by atoms with van der Waals surface area (Å²) >= 11 is 6.08. The van der Waals surface area contributed by atoms with E-state index in [0.717, 1.165) is 11.3 Å². The molecule has 116 valence electrons. The van der Waals surface area contributed by atoms with E-state index < -0.39 is 0 Å². The average Bonchev–Trinajstić information content (AvgIpc) is 2.53. The first-order chi connectivity index (χ1) is 10.6. The summed E-state index contributed by atoms with van der Waals surface area (Å²) in [6, 6.07) is 5.59. The second-order valence-electron chi connectivity index (χ2n) is 4.81. The van der Waals surface area contributed by atoms with E-state index in [1.54, 1.807) is 4.90 Å². The summed E-state index contributed by atoms with van der Waals surface area (Å²) < 4.78 is 0. The van der Waals surface area contributed by atoms with Gasteiger partial charge in [0.15, 0.2) is 0 Å². The first-order valence-corrected chi connectivity index (χ1v) is 7.58. The Hall–Kier alpha value is -2.14. The van der Waals surface area contributed by atoms with Crippen LogP contribution < -0.4 is 5.32 Å². The topological polar surface area (TPSA) is 58.1 Å². The zero-order valence-electron chi connectivity index (χ0n) is 12.9. The fraction of sp³-hybridized carbons (Fsp3) is 0.312. The number of nitrogens with one attached hydrogen (secondary N) is 1. The van der Waals surface area contributed by atoms with Crippen LogP contribution in [0.2, 0.25) is 5.02 Å². The third-order valence-electron chi connectivity index (χ3n) is 3.46. The zero-order chi connectivity index (χ0) is 16.1. The van der Waals surface area contributed by atoms with Gasteiger partial charge in [-0.2, -0.15) is 0 Å². The van der Waals surface area contributed by atoms with E-state index in [4.69, 9.17) is 11.6 Å².